The Morgan fingerprint density at radius 3 is 2.62 bits per heavy atom. The van der Waals surface area contributed by atoms with Gasteiger partial charge in [-0.1, -0.05) is 32.0 Å². The Morgan fingerprint density at radius 2 is 1.96 bits per heavy atom. The van der Waals surface area contributed by atoms with Crippen LogP contribution in [-0.2, 0) is 19.2 Å². The van der Waals surface area contributed by atoms with Gasteiger partial charge in [0.05, 0.1) is 12.0 Å². The van der Waals surface area contributed by atoms with Crippen LogP contribution in [-0.4, -0.2) is 32.5 Å². The minimum atomic E-state index is -1.17. The van der Waals surface area contributed by atoms with Gasteiger partial charge in [0.15, 0.2) is 0 Å². The van der Waals surface area contributed by atoms with Crippen molar-refractivity contribution in [1.82, 2.24) is 14.5 Å². The fraction of sp³-hybridized carbons (Fsp3) is 0.333. The van der Waals surface area contributed by atoms with E-state index in [0.717, 1.165) is 27.5 Å². The molecular weight excluding hydrogens is 326 g/mol. The summed E-state index contributed by atoms with van der Waals surface area (Å²) in [6.45, 7) is 4.62. The molecule has 0 saturated heterocycles. The van der Waals surface area contributed by atoms with Gasteiger partial charge in [-0.25, -0.2) is 4.98 Å². The first-order valence-electron chi connectivity index (χ1n) is 8.84. The van der Waals surface area contributed by atoms with Gasteiger partial charge in [-0.2, -0.15) is 0 Å². The Balaban J connectivity index is 1.89. The summed E-state index contributed by atoms with van der Waals surface area (Å²) in [5, 5.41) is 13.6. The Morgan fingerprint density at radius 1 is 1.19 bits per heavy atom. The highest BCUT2D eigenvalue weighted by molar-refractivity contribution is 6.04. The maximum Gasteiger partial charge on any atom is 0.254 e. The summed E-state index contributed by atoms with van der Waals surface area (Å²) in [7, 11) is 3.72. The number of hydrogen-bond acceptors (Lipinski definition) is 3. The predicted octanol–water partition coefficient (Wildman–Crippen LogP) is 3.05. The first-order valence-corrected chi connectivity index (χ1v) is 8.84. The lowest BCUT2D eigenvalue weighted by Crippen LogP contribution is -2.33. The topological polar surface area (TPSA) is 58.4 Å². The van der Waals surface area contributed by atoms with Gasteiger partial charge in [-0.3, -0.25) is 4.79 Å². The first-order chi connectivity index (χ1) is 12.3. The van der Waals surface area contributed by atoms with E-state index in [-0.39, 0.29) is 11.8 Å². The molecule has 0 radical (unpaired) electrons. The molecule has 1 amide bonds. The van der Waals surface area contributed by atoms with Crippen molar-refractivity contribution in [3.05, 3.63) is 65.2 Å². The molecule has 1 aliphatic rings. The molecule has 0 saturated carbocycles. The lowest BCUT2D eigenvalue weighted by molar-refractivity contribution is 0.0280. The monoisotopic (exact) mass is 349 g/mol. The van der Waals surface area contributed by atoms with Crippen molar-refractivity contribution >= 4 is 16.7 Å². The molecule has 5 nitrogen and oxygen atoms in total. The molecule has 1 unspecified atom stereocenters. The summed E-state index contributed by atoms with van der Waals surface area (Å²) in [5.74, 6) is 0.0233. The molecule has 1 aromatic heterocycles. The van der Waals surface area contributed by atoms with Crippen molar-refractivity contribution in [3.8, 4) is 0 Å². The van der Waals surface area contributed by atoms with E-state index in [9.17, 15) is 9.90 Å². The summed E-state index contributed by atoms with van der Waals surface area (Å²) >= 11 is 0. The van der Waals surface area contributed by atoms with Crippen LogP contribution < -0.4 is 0 Å². The number of carbonyl (C=O) groups is 1. The maximum atomic E-state index is 12.2. The fourth-order valence-electron chi connectivity index (χ4n) is 3.90. The Hall–Kier alpha value is -2.66. The van der Waals surface area contributed by atoms with E-state index in [4.69, 9.17) is 0 Å². The molecule has 1 aliphatic heterocycles. The number of imidazole rings is 1. The molecule has 0 aliphatic carbocycles. The average Bonchev–Trinajstić information content (AvgIpc) is 3.18. The van der Waals surface area contributed by atoms with Crippen molar-refractivity contribution in [2.75, 3.05) is 7.05 Å². The standard InChI is InChI=1S/C21H23N3O2/c1-13(2)21(26,19-11-23(3)12-22-19)15-6-8-16-14(9-15)5-7-17-18(16)10-24(4)20(17)25/h5-9,11-13,26H,10H2,1-4H3. The average molecular weight is 349 g/mol. The van der Waals surface area contributed by atoms with E-state index in [1.807, 2.05) is 69.0 Å². The lowest BCUT2D eigenvalue weighted by atomic mass is 9.80. The zero-order chi connectivity index (χ0) is 18.6. The summed E-state index contributed by atoms with van der Waals surface area (Å²) in [4.78, 5) is 18.4. The van der Waals surface area contributed by atoms with E-state index in [1.54, 1.807) is 11.2 Å². The van der Waals surface area contributed by atoms with Gasteiger partial charge in [0.2, 0.25) is 0 Å². The van der Waals surface area contributed by atoms with Crippen molar-refractivity contribution in [3.63, 3.8) is 0 Å². The number of hydrogen-bond donors (Lipinski definition) is 1. The third-order valence-corrected chi connectivity index (χ3v) is 5.47. The van der Waals surface area contributed by atoms with Crippen molar-refractivity contribution in [2.45, 2.75) is 26.0 Å². The molecule has 0 bridgehead atoms. The summed E-state index contributed by atoms with van der Waals surface area (Å²) in [6, 6.07) is 9.86. The molecule has 1 N–H and O–H groups in total. The number of rotatable bonds is 3. The first kappa shape index (κ1) is 16.8. The van der Waals surface area contributed by atoms with Crippen LogP contribution in [0.1, 0.15) is 41.0 Å². The second-order valence-corrected chi connectivity index (χ2v) is 7.53. The number of carbonyl (C=O) groups excluding carboxylic acids is 1. The zero-order valence-corrected chi connectivity index (χ0v) is 15.5. The number of nitrogens with zero attached hydrogens (tertiary/aromatic N) is 3. The second kappa shape index (κ2) is 5.68. The highest BCUT2D eigenvalue weighted by atomic mass is 16.3. The largest absolute Gasteiger partial charge is 0.378 e. The van der Waals surface area contributed by atoms with E-state index in [1.165, 1.54) is 0 Å². The summed E-state index contributed by atoms with van der Waals surface area (Å²) in [6.07, 6.45) is 3.57. The van der Waals surface area contributed by atoms with Gasteiger partial charge in [-0.05, 0) is 39.9 Å². The van der Waals surface area contributed by atoms with Gasteiger partial charge in [0, 0.05) is 32.4 Å². The normalized spacial score (nSPS) is 16.4. The van der Waals surface area contributed by atoms with Crippen molar-refractivity contribution < 1.29 is 9.90 Å². The number of amides is 1. The van der Waals surface area contributed by atoms with Gasteiger partial charge >= 0.3 is 0 Å². The predicted molar refractivity (Wildman–Crippen MR) is 101 cm³/mol. The Bertz CT molecular complexity index is 1020. The maximum absolute atomic E-state index is 12.2. The smallest absolute Gasteiger partial charge is 0.254 e. The highest BCUT2D eigenvalue weighted by Gasteiger charge is 2.37. The molecule has 5 heteroatoms. The zero-order valence-electron chi connectivity index (χ0n) is 15.5. The Labute approximate surface area is 152 Å². The number of aryl methyl sites for hydroxylation is 1. The van der Waals surface area contributed by atoms with E-state index < -0.39 is 5.60 Å². The SMILES string of the molecule is CC(C)C(O)(c1ccc2c3c(ccc2c1)C(=O)N(C)C3)c1cn(C)cn1. The Kier molecular flexibility index (Phi) is 3.66. The highest BCUT2D eigenvalue weighted by Crippen LogP contribution is 2.38. The molecule has 4 rings (SSSR count). The molecular formula is C21H23N3O2. The van der Waals surface area contributed by atoms with Crippen LogP contribution in [0.4, 0.5) is 0 Å². The molecule has 1 atom stereocenters. The molecule has 2 heterocycles. The minimum absolute atomic E-state index is 0.0445. The van der Waals surface area contributed by atoms with Gasteiger partial charge < -0.3 is 14.6 Å². The number of aliphatic hydroxyl groups is 1. The van der Waals surface area contributed by atoms with Crippen molar-refractivity contribution in [1.29, 1.82) is 0 Å². The van der Waals surface area contributed by atoms with Crippen LogP contribution in [0.2, 0.25) is 0 Å². The number of fused-ring (bicyclic) bond motifs is 3. The van der Waals surface area contributed by atoms with E-state index in [2.05, 4.69) is 4.98 Å². The third-order valence-electron chi connectivity index (χ3n) is 5.47. The molecule has 0 spiro atoms. The third kappa shape index (κ3) is 2.27. The van der Waals surface area contributed by atoms with Crippen LogP contribution >= 0.6 is 0 Å². The molecule has 2 aromatic carbocycles. The number of aromatic nitrogens is 2. The van der Waals surface area contributed by atoms with Crippen molar-refractivity contribution in [2.24, 2.45) is 13.0 Å². The van der Waals surface area contributed by atoms with E-state index >= 15 is 0 Å². The van der Waals surface area contributed by atoms with Gasteiger partial charge in [0.1, 0.15) is 5.60 Å². The van der Waals surface area contributed by atoms with Crippen LogP contribution in [0.3, 0.4) is 0 Å². The molecule has 3 aromatic rings. The summed E-state index contributed by atoms with van der Waals surface area (Å²) < 4.78 is 1.85. The quantitative estimate of drug-likeness (QED) is 0.791. The fourth-order valence-corrected chi connectivity index (χ4v) is 3.90. The minimum Gasteiger partial charge on any atom is -0.378 e. The van der Waals surface area contributed by atoms with Gasteiger partial charge in [0.25, 0.3) is 5.91 Å². The van der Waals surface area contributed by atoms with Gasteiger partial charge in [-0.15, -0.1) is 0 Å². The van der Waals surface area contributed by atoms with Crippen LogP contribution in [0.15, 0.2) is 42.9 Å². The second-order valence-electron chi connectivity index (χ2n) is 7.53. The van der Waals surface area contributed by atoms with Crippen LogP contribution in [0.25, 0.3) is 10.8 Å². The molecule has 0 fully saturated rings. The summed E-state index contributed by atoms with van der Waals surface area (Å²) in [5.41, 5.74) is 2.13. The van der Waals surface area contributed by atoms with Crippen LogP contribution in [0, 0.1) is 5.92 Å². The lowest BCUT2D eigenvalue weighted by Gasteiger charge is -2.31. The van der Waals surface area contributed by atoms with E-state index in [0.29, 0.717) is 12.2 Å². The number of benzene rings is 2. The molecule has 26 heavy (non-hydrogen) atoms. The van der Waals surface area contributed by atoms with Crippen LogP contribution in [0.5, 0.6) is 0 Å². The molecule has 134 valence electrons.